The molecular formula is C20H16Cl2N2O3. The molecule has 3 aromatic rings. The first-order valence-corrected chi connectivity index (χ1v) is 8.86. The number of ether oxygens (including phenoxy) is 1. The largest absolute Gasteiger partial charge is 0.489 e. The maximum absolute atomic E-state index is 11.0. The Bertz CT molecular complexity index is 955. The summed E-state index contributed by atoms with van der Waals surface area (Å²) < 4.78 is 5.78. The summed E-state index contributed by atoms with van der Waals surface area (Å²) in [4.78, 5) is 15.1. The SMILES string of the molecule is Nc1c(OCCc2c(Cl)cccc2Cl)cncc1-c1ccc(C(=O)O)cc1. The standard InChI is InChI=1S/C20H16Cl2N2O3/c21-16-2-1-3-17(22)14(16)8-9-27-18-11-24-10-15(19(18)23)12-4-6-13(7-5-12)20(25)26/h1-7,10-11H,8-9H2,(H2,23,24)(H,25,26). The molecule has 2 aromatic carbocycles. The number of nitrogen functional groups attached to an aromatic ring is 1. The molecule has 0 unspecified atom stereocenters. The number of rotatable bonds is 6. The predicted octanol–water partition coefficient (Wildman–Crippen LogP) is 4.96. The van der Waals surface area contributed by atoms with Gasteiger partial charge in [0.25, 0.3) is 0 Å². The maximum atomic E-state index is 11.0. The van der Waals surface area contributed by atoms with Crippen molar-refractivity contribution in [2.24, 2.45) is 0 Å². The van der Waals surface area contributed by atoms with E-state index in [-0.39, 0.29) is 5.56 Å². The van der Waals surface area contributed by atoms with Gasteiger partial charge in [-0.15, -0.1) is 0 Å². The highest BCUT2D eigenvalue weighted by Crippen LogP contribution is 2.33. The van der Waals surface area contributed by atoms with Crippen molar-refractivity contribution in [3.8, 4) is 16.9 Å². The number of aromatic nitrogens is 1. The van der Waals surface area contributed by atoms with E-state index in [4.69, 9.17) is 38.8 Å². The van der Waals surface area contributed by atoms with Crippen LogP contribution in [0.4, 0.5) is 5.69 Å². The fourth-order valence-electron chi connectivity index (χ4n) is 2.62. The zero-order chi connectivity index (χ0) is 19.4. The number of anilines is 1. The van der Waals surface area contributed by atoms with Crippen LogP contribution in [0.15, 0.2) is 54.9 Å². The lowest BCUT2D eigenvalue weighted by molar-refractivity contribution is 0.0697. The number of nitrogens with two attached hydrogens (primary N) is 1. The Balaban J connectivity index is 1.76. The Morgan fingerprint density at radius 2 is 1.74 bits per heavy atom. The fourth-order valence-corrected chi connectivity index (χ4v) is 3.21. The van der Waals surface area contributed by atoms with Crippen molar-refractivity contribution in [3.63, 3.8) is 0 Å². The first-order chi connectivity index (χ1) is 13.0. The second kappa shape index (κ2) is 8.29. The number of hydrogen-bond acceptors (Lipinski definition) is 4. The van der Waals surface area contributed by atoms with Gasteiger partial charge in [0.15, 0.2) is 5.75 Å². The van der Waals surface area contributed by atoms with E-state index >= 15 is 0 Å². The van der Waals surface area contributed by atoms with Crippen LogP contribution >= 0.6 is 23.2 Å². The number of hydrogen-bond donors (Lipinski definition) is 2. The molecule has 0 radical (unpaired) electrons. The Morgan fingerprint density at radius 1 is 1.07 bits per heavy atom. The van der Waals surface area contributed by atoms with Crippen LogP contribution in [-0.2, 0) is 6.42 Å². The van der Waals surface area contributed by atoms with Crippen molar-refractivity contribution in [2.75, 3.05) is 12.3 Å². The number of halogens is 2. The molecule has 0 saturated heterocycles. The zero-order valence-corrected chi connectivity index (χ0v) is 15.7. The smallest absolute Gasteiger partial charge is 0.335 e. The lowest BCUT2D eigenvalue weighted by Gasteiger charge is -2.13. The van der Waals surface area contributed by atoms with E-state index in [9.17, 15) is 4.79 Å². The van der Waals surface area contributed by atoms with E-state index in [1.54, 1.807) is 42.7 Å². The molecule has 0 aliphatic heterocycles. The molecule has 3 rings (SSSR count). The van der Waals surface area contributed by atoms with Crippen LogP contribution < -0.4 is 10.5 Å². The van der Waals surface area contributed by atoms with Gasteiger partial charge in [0.2, 0.25) is 0 Å². The molecule has 27 heavy (non-hydrogen) atoms. The molecule has 138 valence electrons. The summed E-state index contributed by atoms with van der Waals surface area (Å²) in [6.07, 6.45) is 3.68. The number of aromatic carboxylic acids is 1. The summed E-state index contributed by atoms with van der Waals surface area (Å²) in [6.45, 7) is 0.330. The van der Waals surface area contributed by atoms with Gasteiger partial charge in [-0.25, -0.2) is 4.79 Å². The molecular weight excluding hydrogens is 387 g/mol. The lowest BCUT2D eigenvalue weighted by atomic mass is 10.0. The van der Waals surface area contributed by atoms with Crippen LogP contribution in [0.5, 0.6) is 5.75 Å². The zero-order valence-electron chi connectivity index (χ0n) is 14.2. The Hall–Kier alpha value is -2.76. The second-order valence-electron chi connectivity index (χ2n) is 5.78. The van der Waals surface area contributed by atoms with Gasteiger partial charge < -0.3 is 15.6 Å². The molecule has 1 heterocycles. The van der Waals surface area contributed by atoms with Crippen molar-refractivity contribution < 1.29 is 14.6 Å². The second-order valence-corrected chi connectivity index (χ2v) is 6.59. The van der Waals surface area contributed by atoms with Gasteiger partial charge in [-0.1, -0.05) is 41.4 Å². The molecule has 0 amide bonds. The first-order valence-electron chi connectivity index (χ1n) is 8.10. The van der Waals surface area contributed by atoms with Crippen LogP contribution in [0.3, 0.4) is 0 Å². The van der Waals surface area contributed by atoms with Crippen molar-refractivity contribution >= 4 is 34.9 Å². The molecule has 0 atom stereocenters. The predicted molar refractivity (Wildman–Crippen MR) is 107 cm³/mol. The molecule has 0 aliphatic carbocycles. The van der Waals surface area contributed by atoms with E-state index in [0.29, 0.717) is 40.1 Å². The molecule has 0 aliphatic rings. The summed E-state index contributed by atoms with van der Waals surface area (Å²) in [5, 5.41) is 10.2. The van der Waals surface area contributed by atoms with Crippen molar-refractivity contribution in [1.82, 2.24) is 4.98 Å². The third-order valence-corrected chi connectivity index (χ3v) is 4.77. The van der Waals surface area contributed by atoms with Crippen LogP contribution in [0, 0.1) is 0 Å². The van der Waals surface area contributed by atoms with Gasteiger partial charge in [-0.2, -0.15) is 0 Å². The summed E-state index contributed by atoms with van der Waals surface area (Å²) in [5.41, 5.74) is 9.08. The molecule has 5 nitrogen and oxygen atoms in total. The molecule has 7 heteroatoms. The summed E-state index contributed by atoms with van der Waals surface area (Å²) >= 11 is 12.3. The summed E-state index contributed by atoms with van der Waals surface area (Å²) in [5.74, 6) is -0.541. The minimum atomic E-state index is -0.983. The Morgan fingerprint density at radius 3 is 2.37 bits per heavy atom. The number of carboxylic acid groups (broad SMARTS) is 1. The van der Waals surface area contributed by atoms with Gasteiger partial charge in [0.1, 0.15) is 0 Å². The quantitative estimate of drug-likeness (QED) is 0.608. The van der Waals surface area contributed by atoms with Gasteiger partial charge in [0, 0.05) is 28.2 Å². The van der Waals surface area contributed by atoms with Crippen LogP contribution in [0.1, 0.15) is 15.9 Å². The minimum Gasteiger partial charge on any atom is -0.489 e. The Labute approximate surface area is 166 Å². The van der Waals surface area contributed by atoms with Crippen LogP contribution in [0.2, 0.25) is 10.0 Å². The highest BCUT2D eigenvalue weighted by molar-refractivity contribution is 6.35. The fraction of sp³-hybridized carbons (Fsp3) is 0.100. The van der Waals surface area contributed by atoms with E-state index in [1.165, 1.54) is 12.1 Å². The topological polar surface area (TPSA) is 85.4 Å². The van der Waals surface area contributed by atoms with Crippen LogP contribution in [0.25, 0.3) is 11.1 Å². The van der Waals surface area contributed by atoms with Crippen molar-refractivity contribution in [1.29, 1.82) is 0 Å². The average Bonchev–Trinajstić information content (AvgIpc) is 2.65. The molecule has 0 fully saturated rings. The van der Waals surface area contributed by atoms with Gasteiger partial charge in [-0.05, 0) is 35.4 Å². The third-order valence-electron chi connectivity index (χ3n) is 4.07. The van der Waals surface area contributed by atoms with E-state index in [1.807, 2.05) is 0 Å². The van der Waals surface area contributed by atoms with E-state index in [0.717, 1.165) is 11.1 Å². The molecule has 0 bridgehead atoms. The van der Waals surface area contributed by atoms with Gasteiger partial charge in [0.05, 0.1) is 24.1 Å². The maximum Gasteiger partial charge on any atom is 0.335 e. The normalized spacial score (nSPS) is 10.6. The summed E-state index contributed by atoms with van der Waals surface area (Å²) in [7, 11) is 0. The average molecular weight is 403 g/mol. The number of benzene rings is 2. The lowest BCUT2D eigenvalue weighted by Crippen LogP contribution is -2.05. The monoisotopic (exact) mass is 402 g/mol. The van der Waals surface area contributed by atoms with Crippen molar-refractivity contribution in [3.05, 3.63) is 76.0 Å². The Kier molecular flexibility index (Phi) is 5.84. The number of carboxylic acids is 1. The van der Waals surface area contributed by atoms with E-state index in [2.05, 4.69) is 4.98 Å². The first kappa shape index (κ1) is 19.0. The van der Waals surface area contributed by atoms with Crippen molar-refractivity contribution in [2.45, 2.75) is 6.42 Å². The molecule has 1 aromatic heterocycles. The summed E-state index contributed by atoms with van der Waals surface area (Å²) in [6, 6.07) is 11.7. The molecule has 0 saturated carbocycles. The minimum absolute atomic E-state index is 0.203. The third kappa shape index (κ3) is 4.32. The van der Waals surface area contributed by atoms with E-state index < -0.39 is 5.97 Å². The molecule has 3 N–H and O–H groups in total. The van der Waals surface area contributed by atoms with Crippen LogP contribution in [-0.4, -0.2) is 22.7 Å². The van der Waals surface area contributed by atoms with Gasteiger partial charge in [-0.3, -0.25) is 4.98 Å². The highest BCUT2D eigenvalue weighted by Gasteiger charge is 2.11. The van der Waals surface area contributed by atoms with Gasteiger partial charge >= 0.3 is 5.97 Å². The highest BCUT2D eigenvalue weighted by atomic mass is 35.5. The molecule has 0 spiro atoms. The number of pyridine rings is 1. The number of carbonyl (C=O) groups is 1. The number of nitrogens with zero attached hydrogens (tertiary/aromatic N) is 1.